The maximum Gasteiger partial charge on any atom is 0.238 e. The van der Waals surface area contributed by atoms with E-state index in [1.807, 2.05) is 7.05 Å². The van der Waals surface area contributed by atoms with Crippen molar-refractivity contribution in [3.05, 3.63) is 30.1 Å². The summed E-state index contributed by atoms with van der Waals surface area (Å²) in [6.45, 7) is 2.23. The summed E-state index contributed by atoms with van der Waals surface area (Å²) in [4.78, 5) is 14.0. The van der Waals surface area contributed by atoms with Crippen LogP contribution in [0.15, 0.2) is 24.3 Å². The lowest BCUT2D eigenvalue weighted by molar-refractivity contribution is -0.117. The lowest BCUT2D eigenvalue weighted by Gasteiger charge is -2.31. The second-order valence-corrected chi connectivity index (χ2v) is 4.92. The van der Waals surface area contributed by atoms with E-state index in [0.29, 0.717) is 18.3 Å². The molecule has 2 rings (SSSR count). The van der Waals surface area contributed by atoms with Gasteiger partial charge in [-0.25, -0.2) is 4.39 Å². The zero-order chi connectivity index (χ0) is 13.7. The maximum atomic E-state index is 12.8. The third-order valence-corrected chi connectivity index (χ3v) is 3.41. The normalized spacial score (nSPS) is 19.2. The fourth-order valence-electron chi connectivity index (χ4n) is 2.37. The molecule has 1 aromatic carbocycles. The van der Waals surface area contributed by atoms with Gasteiger partial charge in [-0.3, -0.25) is 9.69 Å². The zero-order valence-corrected chi connectivity index (χ0v) is 12.4. The van der Waals surface area contributed by atoms with Gasteiger partial charge in [-0.2, -0.15) is 0 Å². The summed E-state index contributed by atoms with van der Waals surface area (Å²) in [5, 5.41) is 6.03. The first-order valence-corrected chi connectivity index (χ1v) is 6.62. The van der Waals surface area contributed by atoms with E-state index in [-0.39, 0.29) is 24.1 Å². The van der Waals surface area contributed by atoms with E-state index in [0.717, 1.165) is 25.9 Å². The van der Waals surface area contributed by atoms with E-state index >= 15 is 0 Å². The lowest BCUT2D eigenvalue weighted by Crippen LogP contribution is -2.46. The largest absolute Gasteiger partial charge is 0.325 e. The van der Waals surface area contributed by atoms with Crippen molar-refractivity contribution < 1.29 is 9.18 Å². The number of rotatable bonds is 4. The number of carbonyl (C=O) groups is 1. The number of benzene rings is 1. The first-order chi connectivity index (χ1) is 9.17. The van der Waals surface area contributed by atoms with Crippen molar-refractivity contribution in [3.63, 3.8) is 0 Å². The molecule has 4 nitrogen and oxygen atoms in total. The van der Waals surface area contributed by atoms with E-state index in [1.165, 1.54) is 12.1 Å². The lowest BCUT2D eigenvalue weighted by atomic mass is 10.1. The zero-order valence-electron chi connectivity index (χ0n) is 11.6. The molecule has 0 radical (unpaired) electrons. The highest BCUT2D eigenvalue weighted by Crippen LogP contribution is 2.11. The highest BCUT2D eigenvalue weighted by molar-refractivity contribution is 5.92. The van der Waals surface area contributed by atoms with Crippen LogP contribution in [0.3, 0.4) is 0 Å². The van der Waals surface area contributed by atoms with Gasteiger partial charge >= 0.3 is 0 Å². The van der Waals surface area contributed by atoms with Crippen LogP contribution in [0.2, 0.25) is 0 Å². The Hall–Kier alpha value is -1.17. The number of hydrogen-bond donors (Lipinski definition) is 2. The van der Waals surface area contributed by atoms with Crippen LogP contribution >= 0.6 is 12.4 Å². The Bertz CT molecular complexity index is 427. The molecule has 1 fully saturated rings. The SMILES string of the molecule is CNC1CCCN(CC(=O)Nc2ccc(F)cc2)C1.Cl. The molecular formula is C14H21ClFN3O. The minimum atomic E-state index is -0.300. The molecule has 1 atom stereocenters. The molecule has 112 valence electrons. The predicted octanol–water partition coefficient (Wildman–Crippen LogP) is 1.87. The molecule has 1 unspecified atom stereocenters. The second kappa shape index (κ2) is 8.19. The van der Waals surface area contributed by atoms with Gasteiger partial charge < -0.3 is 10.6 Å². The number of carbonyl (C=O) groups excluding carboxylic acids is 1. The second-order valence-electron chi connectivity index (χ2n) is 4.92. The van der Waals surface area contributed by atoms with Crippen molar-refractivity contribution in [1.29, 1.82) is 0 Å². The van der Waals surface area contributed by atoms with Crippen LogP contribution in [0, 0.1) is 5.82 Å². The molecule has 20 heavy (non-hydrogen) atoms. The van der Waals surface area contributed by atoms with Gasteiger partial charge in [0.05, 0.1) is 6.54 Å². The van der Waals surface area contributed by atoms with Crippen LogP contribution in [0.1, 0.15) is 12.8 Å². The van der Waals surface area contributed by atoms with E-state index in [4.69, 9.17) is 0 Å². The standard InChI is InChI=1S/C14H20FN3O.ClH/c1-16-13-3-2-8-18(9-13)10-14(19)17-12-6-4-11(15)5-7-12;/h4-7,13,16H,2-3,8-10H2,1H3,(H,17,19);1H. The molecule has 1 saturated heterocycles. The van der Waals surface area contributed by atoms with Gasteiger partial charge in [0.15, 0.2) is 0 Å². The average Bonchev–Trinajstić information content (AvgIpc) is 2.41. The number of anilines is 1. The Morgan fingerprint density at radius 2 is 2.10 bits per heavy atom. The van der Waals surface area contributed by atoms with Crippen LogP contribution < -0.4 is 10.6 Å². The molecule has 0 spiro atoms. The van der Waals surface area contributed by atoms with Crippen LogP contribution in [-0.4, -0.2) is 43.5 Å². The highest BCUT2D eigenvalue weighted by Gasteiger charge is 2.20. The first-order valence-electron chi connectivity index (χ1n) is 6.62. The number of likely N-dealkylation sites (N-methyl/N-ethyl adjacent to an activating group) is 1. The Balaban J connectivity index is 0.00000200. The molecule has 1 aliphatic rings. The van der Waals surface area contributed by atoms with E-state index in [2.05, 4.69) is 15.5 Å². The summed E-state index contributed by atoms with van der Waals surface area (Å²) in [5.74, 6) is -0.353. The Morgan fingerprint density at radius 1 is 1.40 bits per heavy atom. The molecule has 1 aromatic rings. The number of hydrogen-bond acceptors (Lipinski definition) is 3. The van der Waals surface area contributed by atoms with Crippen molar-refractivity contribution >= 4 is 24.0 Å². The smallest absolute Gasteiger partial charge is 0.238 e. The number of piperidine rings is 1. The molecule has 1 heterocycles. The monoisotopic (exact) mass is 301 g/mol. The quantitative estimate of drug-likeness (QED) is 0.892. The highest BCUT2D eigenvalue weighted by atomic mass is 35.5. The number of amides is 1. The van der Waals surface area contributed by atoms with Gasteiger partial charge in [0, 0.05) is 18.3 Å². The van der Waals surface area contributed by atoms with Gasteiger partial charge in [0.1, 0.15) is 5.82 Å². The van der Waals surface area contributed by atoms with E-state index in [1.54, 1.807) is 12.1 Å². The minimum Gasteiger partial charge on any atom is -0.325 e. The fraction of sp³-hybridized carbons (Fsp3) is 0.500. The minimum absolute atomic E-state index is 0. The Kier molecular flexibility index (Phi) is 6.91. The summed E-state index contributed by atoms with van der Waals surface area (Å²) in [7, 11) is 1.95. The third-order valence-electron chi connectivity index (χ3n) is 3.41. The molecule has 1 amide bonds. The Morgan fingerprint density at radius 3 is 2.75 bits per heavy atom. The van der Waals surface area contributed by atoms with Crippen LogP contribution in [0.25, 0.3) is 0 Å². The number of nitrogens with zero attached hydrogens (tertiary/aromatic N) is 1. The summed E-state index contributed by atoms with van der Waals surface area (Å²) >= 11 is 0. The molecule has 1 aliphatic heterocycles. The van der Waals surface area contributed by atoms with Gasteiger partial charge in [0.2, 0.25) is 5.91 Å². The molecule has 6 heteroatoms. The Labute approximate surface area is 125 Å². The summed E-state index contributed by atoms with van der Waals surface area (Å²) in [5.41, 5.74) is 0.633. The molecule has 0 saturated carbocycles. The summed E-state index contributed by atoms with van der Waals surface area (Å²) in [6, 6.07) is 6.29. The van der Waals surface area contributed by atoms with Gasteiger partial charge in [0.25, 0.3) is 0 Å². The summed E-state index contributed by atoms with van der Waals surface area (Å²) in [6.07, 6.45) is 2.27. The van der Waals surface area contributed by atoms with E-state index < -0.39 is 0 Å². The van der Waals surface area contributed by atoms with Crippen LogP contribution in [0.4, 0.5) is 10.1 Å². The first kappa shape index (κ1) is 16.9. The van der Waals surface area contributed by atoms with E-state index in [9.17, 15) is 9.18 Å². The van der Waals surface area contributed by atoms with Gasteiger partial charge in [-0.15, -0.1) is 12.4 Å². The van der Waals surface area contributed by atoms with Gasteiger partial charge in [-0.05, 0) is 50.7 Å². The third kappa shape index (κ3) is 5.07. The van der Waals surface area contributed by atoms with Gasteiger partial charge in [-0.1, -0.05) is 0 Å². The van der Waals surface area contributed by atoms with Crippen molar-refractivity contribution in [2.45, 2.75) is 18.9 Å². The van der Waals surface area contributed by atoms with Crippen molar-refractivity contribution in [2.75, 3.05) is 32.0 Å². The number of likely N-dealkylation sites (tertiary alicyclic amines) is 1. The predicted molar refractivity (Wildman–Crippen MR) is 80.8 cm³/mol. The van der Waals surface area contributed by atoms with Crippen LogP contribution in [0.5, 0.6) is 0 Å². The number of nitrogens with one attached hydrogen (secondary N) is 2. The fourth-order valence-corrected chi connectivity index (χ4v) is 2.37. The van der Waals surface area contributed by atoms with Crippen LogP contribution in [-0.2, 0) is 4.79 Å². The topological polar surface area (TPSA) is 44.4 Å². The molecule has 0 aromatic heterocycles. The maximum absolute atomic E-state index is 12.8. The average molecular weight is 302 g/mol. The number of halogens is 2. The molecule has 2 N–H and O–H groups in total. The molecular weight excluding hydrogens is 281 g/mol. The van der Waals surface area contributed by atoms with Crippen molar-refractivity contribution in [2.24, 2.45) is 0 Å². The van der Waals surface area contributed by atoms with Crippen molar-refractivity contribution in [3.8, 4) is 0 Å². The summed E-state index contributed by atoms with van der Waals surface area (Å²) < 4.78 is 12.8. The molecule has 0 aliphatic carbocycles. The molecule has 0 bridgehead atoms. The van der Waals surface area contributed by atoms with Crippen molar-refractivity contribution in [1.82, 2.24) is 10.2 Å².